The van der Waals surface area contributed by atoms with Crippen LogP contribution in [0.1, 0.15) is 28.3 Å². The van der Waals surface area contributed by atoms with Gasteiger partial charge in [-0.15, -0.1) is 12.4 Å². The molecule has 0 unspecified atom stereocenters. The Kier molecular flexibility index (Phi) is 7.81. The Bertz CT molecular complexity index is 1170. The monoisotopic (exact) mass is 546 g/mol. The van der Waals surface area contributed by atoms with Gasteiger partial charge in [0.25, 0.3) is 5.91 Å². The van der Waals surface area contributed by atoms with Crippen LogP contribution >= 0.6 is 28.3 Å². The minimum atomic E-state index is -0.976. The molecular formula is C22H20BrClF4N4O. The fourth-order valence-corrected chi connectivity index (χ4v) is 4.58. The summed E-state index contributed by atoms with van der Waals surface area (Å²) in [5, 5.41) is 9.82. The molecule has 1 amide bonds. The number of halogens is 6. The lowest BCUT2D eigenvalue weighted by Crippen LogP contribution is -2.50. The smallest absolute Gasteiger partial charge is 0.254 e. The Morgan fingerprint density at radius 2 is 1.88 bits per heavy atom. The van der Waals surface area contributed by atoms with Crippen molar-refractivity contribution in [2.75, 3.05) is 13.1 Å². The quantitative estimate of drug-likeness (QED) is 0.466. The zero-order chi connectivity index (χ0) is 23.0. The van der Waals surface area contributed by atoms with Gasteiger partial charge in [0.15, 0.2) is 11.6 Å². The summed E-state index contributed by atoms with van der Waals surface area (Å²) in [5.41, 5.74) is 0.381. The summed E-state index contributed by atoms with van der Waals surface area (Å²) in [6.45, 7) is 0.965. The van der Waals surface area contributed by atoms with Gasteiger partial charge in [-0.1, -0.05) is 6.07 Å². The summed E-state index contributed by atoms with van der Waals surface area (Å²) in [6.07, 6.45) is 2.02. The molecule has 1 fully saturated rings. The van der Waals surface area contributed by atoms with Crippen molar-refractivity contribution in [1.29, 1.82) is 0 Å². The molecule has 176 valence electrons. The molecule has 11 heteroatoms. The topological polar surface area (TPSA) is 59.0 Å². The molecule has 1 aliphatic heterocycles. The van der Waals surface area contributed by atoms with E-state index >= 15 is 0 Å². The molecule has 2 heterocycles. The van der Waals surface area contributed by atoms with Crippen LogP contribution in [0, 0.1) is 23.3 Å². The molecule has 1 saturated heterocycles. The summed E-state index contributed by atoms with van der Waals surface area (Å²) >= 11 is 3.26. The van der Waals surface area contributed by atoms with Gasteiger partial charge in [0.05, 0.1) is 21.9 Å². The fraction of sp³-hybridized carbons (Fsp3) is 0.273. The van der Waals surface area contributed by atoms with E-state index in [1.807, 2.05) is 0 Å². The van der Waals surface area contributed by atoms with Crippen LogP contribution in [0.25, 0.3) is 11.3 Å². The van der Waals surface area contributed by atoms with Gasteiger partial charge >= 0.3 is 0 Å². The van der Waals surface area contributed by atoms with Gasteiger partial charge in [-0.3, -0.25) is 9.48 Å². The van der Waals surface area contributed by atoms with Crippen molar-refractivity contribution in [2.45, 2.75) is 18.4 Å². The first-order chi connectivity index (χ1) is 15.3. The van der Waals surface area contributed by atoms with Crippen molar-refractivity contribution in [3.05, 3.63) is 75.4 Å². The first-order valence-corrected chi connectivity index (χ1v) is 10.7. The van der Waals surface area contributed by atoms with E-state index < -0.39 is 40.8 Å². The zero-order valence-corrected chi connectivity index (χ0v) is 19.7. The van der Waals surface area contributed by atoms with E-state index in [-0.39, 0.29) is 23.9 Å². The highest BCUT2D eigenvalue weighted by Gasteiger charge is 2.30. The van der Waals surface area contributed by atoms with E-state index in [4.69, 9.17) is 0 Å². The third kappa shape index (κ3) is 5.07. The summed E-state index contributed by atoms with van der Waals surface area (Å²) in [4.78, 5) is 12.8. The molecule has 2 aromatic carbocycles. The molecule has 5 nitrogen and oxygen atoms in total. The van der Waals surface area contributed by atoms with Crippen LogP contribution in [0.3, 0.4) is 0 Å². The predicted molar refractivity (Wildman–Crippen MR) is 121 cm³/mol. The van der Waals surface area contributed by atoms with Crippen LogP contribution in [0.5, 0.6) is 0 Å². The lowest BCUT2D eigenvalue weighted by Gasteiger charge is -2.33. The number of aryl methyl sites for hydroxylation is 1. The number of carbonyl (C=O) groups excluding carboxylic acids is 1. The van der Waals surface area contributed by atoms with Gasteiger partial charge in [-0.2, -0.15) is 5.10 Å². The second-order valence-corrected chi connectivity index (χ2v) is 8.48. The Morgan fingerprint density at radius 1 is 1.12 bits per heavy atom. The van der Waals surface area contributed by atoms with Crippen LogP contribution in [-0.4, -0.2) is 34.8 Å². The molecule has 0 spiro atoms. The number of amides is 1. The van der Waals surface area contributed by atoms with Gasteiger partial charge in [-0.05, 0) is 58.7 Å². The average Bonchev–Trinajstić information content (AvgIpc) is 3.09. The number of hydrogen-bond donors (Lipinski definition) is 2. The van der Waals surface area contributed by atoms with Crippen molar-refractivity contribution in [3.8, 4) is 11.3 Å². The highest BCUT2D eigenvalue weighted by Crippen LogP contribution is 2.32. The molecule has 0 radical (unpaired) electrons. The number of nitrogens with zero attached hydrogens (tertiary/aromatic N) is 2. The number of piperidine rings is 1. The van der Waals surface area contributed by atoms with Gasteiger partial charge in [0.2, 0.25) is 0 Å². The van der Waals surface area contributed by atoms with Gasteiger partial charge in [-0.25, -0.2) is 17.6 Å². The lowest BCUT2D eigenvalue weighted by molar-refractivity contribution is 0.0920. The molecule has 0 aliphatic carbocycles. The predicted octanol–water partition coefficient (Wildman–Crippen LogP) is 4.70. The first-order valence-electron chi connectivity index (χ1n) is 9.89. The molecule has 0 saturated carbocycles. The maximum atomic E-state index is 14.8. The van der Waals surface area contributed by atoms with Crippen LogP contribution in [0.15, 0.2) is 41.0 Å². The largest absolute Gasteiger partial charge is 0.347 e. The molecule has 3 aromatic rings. The van der Waals surface area contributed by atoms with E-state index in [1.165, 1.54) is 16.9 Å². The standard InChI is InChI=1S/C22H19BrF4N4O.ClH/c1-31-21(15(23)9-29-31)13-7-18(26)14(8-17(13)25)22(32)30-20-10-28-5-4-12(20)11-2-3-16(24)19(27)6-11;/h2-3,6-9,12,20,28H,4-5,10H2,1H3,(H,30,32);1H/t12-,20+;/m0./s1. The number of carbonyl (C=O) groups is 1. The number of aromatic nitrogens is 2. The normalized spacial score (nSPS) is 18.0. The van der Waals surface area contributed by atoms with Crippen molar-refractivity contribution in [3.63, 3.8) is 0 Å². The number of rotatable bonds is 4. The molecule has 4 rings (SSSR count). The second kappa shape index (κ2) is 10.2. The summed E-state index contributed by atoms with van der Waals surface area (Å²) in [6, 6.07) is 4.89. The summed E-state index contributed by atoms with van der Waals surface area (Å²) < 4.78 is 58.6. The average molecular weight is 548 g/mol. The van der Waals surface area contributed by atoms with Crippen LogP contribution in [-0.2, 0) is 7.05 Å². The maximum absolute atomic E-state index is 14.8. The van der Waals surface area contributed by atoms with Crippen LogP contribution < -0.4 is 10.6 Å². The maximum Gasteiger partial charge on any atom is 0.254 e. The number of nitrogens with one attached hydrogen (secondary N) is 2. The molecular weight excluding hydrogens is 528 g/mol. The molecule has 2 atom stereocenters. The van der Waals surface area contributed by atoms with Crippen LogP contribution in [0.2, 0.25) is 0 Å². The van der Waals surface area contributed by atoms with E-state index in [0.29, 0.717) is 35.2 Å². The molecule has 0 bridgehead atoms. The van der Waals surface area contributed by atoms with Crippen LogP contribution in [0.4, 0.5) is 17.6 Å². The van der Waals surface area contributed by atoms with Crippen molar-refractivity contribution < 1.29 is 22.4 Å². The van der Waals surface area contributed by atoms with Crippen molar-refractivity contribution >= 4 is 34.2 Å². The van der Waals surface area contributed by atoms with Gasteiger partial charge in [0.1, 0.15) is 11.6 Å². The van der Waals surface area contributed by atoms with Crippen molar-refractivity contribution in [2.24, 2.45) is 7.05 Å². The minimum absolute atomic E-state index is 0. The Balaban J connectivity index is 0.00000306. The number of benzene rings is 2. The summed E-state index contributed by atoms with van der Waals surface area (Å²) in [5.74, 6) is -4.71. The van der Waals surface area contributed by atoms with E-state index in [9.17, 15) is 22.4 Å². The second-order valence-electron chi connectivity index (χ2n) is 7.63. The van der Waals surface area contributed by atoms with Crippen molar-refractivity contribution in [1.82, 2.24) is 20.4 Å². The SMILES string of the molecule is Cl.Cn1ncc(Br)c1-c1cc(F)c(C(=O)N[C@@H]2CNCC[C@H]2c2ccc(F)c(F)c2)cc1F. The third-order valence-corrected chi connectivity index (χ3v) is 6.20. The Labute approximate surface area is 202 Å². The van der Waals surface area contributed by atoms with E-state index in [0.717, 1.165) is 24.3 Å². The Hall–Kier alpha value is -2.43. The Morgan fingerprint density at radius 3 is 2.55 bits per heavy atom. The van der Waals surface area contributed by atoms with E-state index in [2.05, 4.69) is 31.7 Å². The fourth-order valence-electron chi connectivity index (χ4n) is 4.01. The van der Waals surface area contributed by atoms with Gasteiger partial charge in [0, 0.05) is 31.1 Å². The first kappa shape index (κ1) is 25.2. The zero-order valence-electron chi connectivity index (χ0n) is 17.3. The molecule has 1 aliphatic rings. The highest BCUT2D eigenvalue weighted by molar-refractivity contribution is 9.10. The highest BCUT2D eigenvalue weighted by atomic mass is 79.9. The molecule has 1 aromatic heterocycles. The lowest BCUT2D eigenvalue weighted by atomic mass is 9.85. The molecule has 2 N–H and O–H groups in total. The minimum Gasteiger partial charge on any atom is -0.347 e. The third-order valence-electron chi connectivity index (χ3n) is 5.62. The van der Waals surface area contributed by atoms with Gasteiger partial charge < -0.3 is 10.6 Å². The van der Waals surface area contributed by atoms with E-state index in [1.54, 1.807) is 7.05 Å². The summed E-state index contributed by atoms with van der Waals surface area (Å²) in [7, 11) is 1.59. The molecule has 33 heavy (non-hydrogen) atoms. The number of hydrogen-bond acceptors (Lipinski definition) is 3.